The summed E-state index contributed by atoms with van der Waals surface area (Å²) in [4.78, 5) is 23.8. The molecule has 3 rings (SSSR count). The third-order valence-electron chi connectivity index (χ3n) is 4.08. The maximum Gasteiger partial charge on any atom is 0.316 e. The molecule has 0 saturated heterocycles. The van der Waals surface area contributed by atoms with Gasteiger partial charge in [-0.25, -0.2) is 13.1 Å². The molecule has 25 heavy (non-hydrogen) atoms. The number of aryl methyl sites for hydroxylation is 2. The number of aromatic nitrogens is 2. The number of nitrogens with zero attached hydrogens (tertiary/aromatic N) is 2. The molecule has 0 fully saturated rings. The van der Waals surface area contributed by atoms with Crippen LogP contribution in [0.4, 0.5) is 0 Å². The molecule has 0 saturated carbocycles. The molecular formula is C17H17N3O4S. The fourth-order valence-electron chi connectivity index (χ4n) is 2.59. The third-order valence-corrected chi connectivity index (χ3v) is 5.48. The SMILES string of the molecule is Cn1c(=O)c(=O)n(C)c2cc(S(=O)(=O)NCc3ccccc3)ccc21. The van der Waals surface area contributed by atoms with Crippen LogP contribution in [0.15, 0.2) is 63.0 Å². The Morgan fingerprint density at radius 1 is 0.880 bits per heavy atom. The number of hydrogen-bond donors (Lipinski definition) is 1. The lowest BCUT2D eigenvalue weighted by Crippen LogP contribution is -2.39. The molecule has 3 aromatic rings. The van der Waals surface area contributed by atoms with E-state index in [1.165, 1.54) is 36.9 Å². The van der Waals surface area contributed by atoms with E-state index in [1.54, 1.807) is 0 Å². The van der Waals surface area contributed by atoms with Crippen molar-refractivity contribution < 1.29 is 8.42 Å². The van der Waals surface area contributed by atoms with Gasteiger partial charge in [-0.3, -0.25) is 9.59 Å². The first kappa shape index (κ1) is 17.1. The van der Waals surface area contributed by atoms with Crippen LogP contribution in [-0.2, 0) is 30.7 Å². The van der Waals surface area contributed by atoms with Crippen LogP contribution in [0, 0.1) is 0 Å². The second kappa shape index (κ2) is 6.30. The van der Waals surface area contributed by atoms with Gasteiger partial charge in [0.2, 0.25) is 10.0 Å². The number of hydrogen-bond acceptors (Lipinski definition) is 4. The zero-order chi connectivity index (χ0) is 18.2. The van der Waals surface area contributed by atoms with Gasteiger partial charge in [-0.2, -0.15) is 0 Å². The van der Waals surface area contributed by atoms with Crippen LogP contribution >= 0.6 is 0 Å². The highest BCUT2D eigenvalue weighted by molar-refractivity contribution is 7.89. The van der Waals surface area contributed by atoms with Crippen LogP contribution in [-0.4, -0.2) is 17.6 Å². The predicted octanol–water partition coefficient (Wildman–Crippen LogP) is 0.716. The Kier molecular flexibility index (Phi) is 4.32. The Balaban J connectivity index is 2.04. The molecule has 0 unspecified atom stereocenters. The molecule has 0 amide bonds. The van der Waals surface area contributed by atoms with E-state index in [0.29, 0.717) is 11.0 Å². The first-order valence-corrected chi connectivity index (χ1v) is 9.03. The molecule has 8 heteroatoms. The molecule has 7 nitrogen and oxygen atoms in total. The topological polar surface area (TPSA) is 90.2 Å². The van der Waals surface area contributed by atoms with Crippen molar-refractivity contribution in [2.24, 2.45) is 14.1 Å². The lowest BCUT2D eigenvalue weighted by molar-refractivity contribution is 0.581. The summed E-state index contributed by atoms with van der Waals surface area (Å²) in [5, 5.41) is 0. The molecule has 0 radical (unpaired) electrons. The first-order valence-electron chi connectivity index (χ1n) is 7.54. The molecule has 130 valence electrons. The summed E-state index contributed by atoms with van der Waals surface area (Å²) < 4.78 is 30.0. The lowest BCUT2D eigenvalue weighted by Gasteiger charge is -2.11. The first-order chi connectivity index (χ1) is 11.8. The predicted molar refractivity (Wildman–Crippen MR) is 94.9 cm³/mol. The van der Waals surface area contributed by atoms with Crippen molar-refractivity contribution in [3.63, 3.8) is 0 Å². The molecule has 0 aliphatic carbocycles. The van der Waals surface area contributed by atoms with Gasteiger partial charge in [-0.15, -0.1) is 0 Å². The third kappa shape index (κ3) is 3.13. The number of benzene rings is 2. The summed E-state index contributed by atoms with van der Waals surface area (Å²) in [5.74, 6) is 0. The Bertz CT molecular complexity index is 1160. The van der Waals surface area contributed by atoms with Crippen molar-refractivity contribution in [2.45, 2.75) is 11.4 Å². The largest absolute Gasteiger partial charge is 0.316 e. The molecule has 0 bridgehead atoms. The molecular weight excluding hydrogens is 342 g/mol. The normalized spacial score (nSPS) is 11.8. The lowest BCUT2D eigenvalue weighted by atomic mass is 10.2. The molecule has 0 spiro atoms. The van der Waals surface area contributed by atoms with Crippen molar-refractivity contribution in [3.8, 4) is 0 Å². The van der Waals surface area contributed by atoms with Crippen molar-refractivity contribution in [3.05, 3.63) is 74.8 Å². The Hall–Kier alpha value is -2.71. The average Bonchev–Trinajstić information content (AvgIpc) is 2.63. The number of rotatable bonds is 4. The van der Waals surface area contributed by atoms with Gasteiger partial charge in [0.15, 0.2) is 0 Å². The molecule has 2 aromatic carbocycles. The minimum Gasteiger partial charge on any atom is -0.305 e. The minimum absolute atomic E-state index is 0.0320. The Labute approximate surface area is 144 Å². The van der Waals surface area contributed by atoms with Crippen molar-refractivity contribution in [1.29, 1.82) is 0 Å². The Morgan fingerprint density at radius 2 is 1.48 bits per heavy atom. The van der Waals surface area contributed by atoms with Crippen molar-refractivity contribution >= 4 is 21.1 Å². The second-order valence-corrected chi connectivity index (χ2v) is 7.46. The molecule has 0 aliphatic heterocycles. The quantitative estimate of drug-likeness (QED) is 0.695. The maximum absolute atomic E-state index is 12.5. The summed E-state index contributed by atoms with van der Waals surface area (Å²) in [6.45, 7) is 0.160. The Morgan fingerprint density at radius 3 is 2.12 bits per heavy atom. The summed E-state index contributed by atoms with van der Waals surface area (Å²) in [7, 11) is -0.831. The van der Waals surface area contributed by atoms with Crippen molar-refractivity contribution in [2.75, 3.05) is 0 Å². The minimum atomic E-state index is -3.76. The van der Waals surface area contributed by atoms with Gasteiger partial charge < -0.3 is 9.13 Å². The van der Waals surface area contributed by atoms with Crippen LogP contribution in [0.2, 0.25) is 0 Å². The molecule has 1 N–H and O–H groups in total. The highest BCUT2D eigenvalue weighted by Gasteiger charge is 2.16. The number of nitrogens with one attached hydrogen (secondary N) is 1. The van der Waals surface area contributed by atoms with Crippen LogP contribution < -0.4 is 15.8 Å². The maximum atomic E-state index is 12.5. The standard InChI is InChI=1S/C17H17N3O4S/c1-19-14-9-8-13(10-15(14)20(2)17(22)16(19)21)25(23,24)18-11-12-6-4-3-5-7-12/h3-10,18H,11H2,1-2H3. The van der Waals surface area contributed by atoms with Gasteiger partial charge in [0.25, 0.3) is 0 Å². The van der Waals surface area contributed by atoms with Crippen molar-refractivity contribution in [1.82, 2.24) is 13.9 Å². The summed E-state index contributed by atoms with van der Waals surface area (Å²) in [6, 6.07) is 13.5. The zero-order valence-electron chi connectivity index (χ0n) is 13.8. The van der Waals surface area contributed by atoms with Crippen LogP contribution in [0.5, 0.6) is 0 Å². The smallest absolute Gasteiger partial charge is 0.305 e. The van der Waals surface area contributed by atoms with Gasteiger partial charge in [-0.1, -0.05) is 30.3 Å². The molecule has 1 heterocycles. The van der Waals surface area contributed by atoms with E-state index in [0.717, 1.165) is 10.1 Å². The molecule has 1 aromatic heterocycles. The van der Waals surface area contributed by atoms with Crippen LogP contribution in [0.3, 0.4) is 0 Å². The summed E-state index contributed by atoms with van der Waals surface area (Å²) >= 11 is 0. The van der Waals surface area contributed by atoms with E-state index in [2.05, 4.69) is 4.72 Å². The molecule has 0 atom stereocenters. The van der Waals surface area contributed by atoms with E-state index < -0.39 is 21.1 Å². The summed E-state index contributed by atoms with van der Waals surface area (Å²) in [6.07, 6.45) is 0. The van der Waals surface area contributed by atoms with Crippen LogP contribution in [0.1, 0.15) is 5.56 Å². The van der Waals surface area contributed by atoms with Gasteiger partial charge in [0, 0.05) is 20.6 Å². The highest BCUT2D eigenvalue weighted by atomic mass is 32.2. The van der Waals surface area contributed by atoms with Gasteiger partial charge in [0.05, 0.1) is 15.9 Å². The second-order valence-electron chi connectivity index (χ2n) is 5.69. The fraction of sp³-hybridized carbons (Fsp3) is 0.176. The van der Waals surface area contributed by atoms with E-state index in [1.807, 2.05) is 30.3 Å². The summed E-state index contributed by atoms with van der Waals surface area (Å²) in [5.41, 5.74) is 0.319. The van der Waals surface area contributed by atoms with Gasteiger partial charge in [0.1, 0.15) is 0 Å². The van der Waals surface area contributed by atoms with E-state index in [9.17, 15) is 18.0 Å². The average molecular weight is 359 g/mol. The van der Waals surface area contributed by atoms with E-state index in [-0.39, 0.29) is 11.4 Å². The van der Waals surface area contributed by atoms with Gasteiger partial charge >= 0.3 is 11.1 Å². The van der Waals surface area contributed by atoms with Crippen LogP contribution in [0.25, 0.3) is 11.0 Å². The number of fused-ring (bicyclic) bond motifs is 1. The zero-order valence-corrected chi connectivity index (χ0v) is 14.6. The number of sulfonamides is 1. The van der Waals surface area contributed by atoms with Gasteiger partial charge in [-0.05, 0) is 23.8 Å². The molecule has 0 aliphatic rings. The fourth-order valence-corrected chi connectivity index (χ4v) is 3.62. The van der Waals surface area contributed by atoms with E-state index >= 15 is 0 Å². The highest BCUT2D eigenvalue weighted by Crippen LogP contribution is 2.17. The monoisotopic (exact) mass is 359 g/mol. The van der Waals surface area contributed by atoms with E-state index in [4.69, 9.17) is 0 Å².